The van der Waals surface area contributed by atoms with Gasteiger partial charge in [0.05, 0.1) is 24.9 Å². The van der Waals surface area contributed by atoms with Crippen LogP contribution < -0.4 is 11.1 Å². The number of rotatable bonds is 1. The van der Waals surface area contributed by atoms with Crippen molar-refractivity contribution in [3.8, 4) is 6.07 Å². The van der Waals surface area contributed by atoms with Crippen molar-refractivity contribution in [2.45, 2.75) is 19.1 Å². The first-order chi connectivity index (χ1) is 16.4. The van der Waals surface area contributed by atoms with Gasteiger partial charge in [-0.2, -0.15) is 5.26 Å². The van der Waals surface area contributed by atoms with E-state index >= 15 is 8.78 Å². The molecule has 6 rings (SSSR count). The number of likely N-dealkylation sites (tertiary alicyclic amines) is 1. The molecule has 10 heteroatoms. The van der Waals surface area contributed by atoms with E-state index in [1.807, 2.05) is 11.8 Å². The summed E-state index contributed by atoms with van der Waals surface area (Å²) < 4.78 is 38.0. The second-order valence-electron chi connectivity index (χ2n) is 8.97. The Morgan fingerprint density at radius 1 is 1.29 bits per heavy atom. The standard InChI is InChI=1S/C24H21F2N5O2S/c1-10-6-31(7-16(10)32)24-29-5-12-13-8-33-9-14(13)19(21(26)22(12)30-24)20-15(25)2-3-17-18(20)11(4-27)23(28)34-17/h2-3,5,10,16,22,32H,6-9,28H2,1H3,(H,29,30). The van der Waals surface area contributed by atoms with Gasteiger partial charge in [0.15, 0.2) is 5.96 Å². The first-order valence-electron chi connectivity index (χ1n) is 11.0. The molecule has 174 valence electrons. The van der Waals surface area contributed by atoms with Gasteiger partial charge in [0.25, 0.3) is 0 Å². The molecule has 4 N–H and O–H groups in total. The molecule has 1 saturated heterocycles. The number of nitrogens with one attached hydrogen (secondary N) is 1. The number of nitrogens with two attached hydrogens (primary N) is 1. The first-order valence-corrected chi connectivity index (χ1v) is 11.8. The van der Waals surface area contributed by atoms with Gasteiger partial charge in [0.1, 0.15) is 28.8 Å². The summed E-state index contributed by atoms with van der Waals surface area (Å²) in [5, 5.41) is 23.6. The van der Waals surface area contributed by atoms with Crippen LogP contribution in [0.1, 0.15) is 18.1 Å². The molecule has 1 aliphatic carbocycles. The van der Waals surface area contributed by atoms with Crippen LogP contribution in [0.4, 0.5) is 13.8 Å². The molecule has 34 heavy (non-hydrogen) atoms. The van der Waals surface area contributed by atoms with Gasteiger partial charge in [0.2, 0.25) is 0 Å². The number of nitrogens with zero attached hydrogens (tertiary/aromatic N) is 3. The van der Waals surface area contributed by atoms with Gasteiger partial charge in [-0.25, -0.2) is 13.8 Å². The predicted octanol–water partition coefficient (Wildman–Crippen LogP) is 3.04. The zero-order valence-corrected chi connectivity index (χ0v) is 19.0. The lowest BCUT2D eigenvalue weighted by Gasteiger charge is -2.32. The Hall–Kier alpha value is -3.26. The Morgan fingerprint density at radius 2 is 2.09 bits per heavy atom. The van der Waals surface area contributed by atoms with Gasteiger partial charge in [-0.15, -0.1) is 11.3 Å². The Labute approximate surface area is 198 Å². The number of β-amino-alcohol motifs (C(OH)–C–C–N with tert-alkyl or cyclic N) is 1. The third kappa shape index (κ3) is 2.94. The lowest BCUT2D eigenvalue weighted by molar-refractivity contribution is 0.153. The van der Waals surface area contributed by atoms with Gasteiger partial charge in [-0.1, -0.05) is 6.92 Å². The minimum Gasteiger partial charge on any atom is -0.391 e. The highest BCUT2D eigenvalue weighted by molar-refractivity contribution is 7.23. The number of thiophene rings is 1. The predicted molar refractivity (Wildman–Crippen MR) is 126 cm³/mol. The number of nitrogen functional groups attached to an aromatic ring is 1. The minimum absolute atomic E-state index is 0.0250. The Bertz CT molecular complexity index is 1410. The summed E-state index contributed by atoms with van der Waals surface area (Å²) in [4.78, 5) is 6.54. The van der Waals surface area contributed by atoms with Crippen molar-refractivity contribution in [3.63, 3.8) is 0 Å². The summed E-state index contributed by atoms with van der Waals surface area (Å²) in [5.74, 6) is -0.698. The fourth-order valence-electron chi connectivity index (χ4n) is 5.19. The van der Waals surface area contributed by atoms with E-state index in [1.165, 1.54) is 17.4 Å². The number of nitriles is 1. The zero-order chi connectivity index (χ0) is 23.7. The van der Waals surface area contributed by atoms with E-state index in [4.69, 9.17) is 10.5 Å². The van der Waals surface area contributed by atoms with Gasteiger partial charge in [-0.05, 0) is 23.3 Å². The largest absolute Gasteiger partial charge is 0.391 e. The topological polar surface area (TPSA) is 107 Å². The number of fused-ring (bicyclic) bond motifs is 3. The van der Waals surface area contributed by atoms with Crippen molar-refractivity contribution < 1.29 is 18.6 Å². The van der Waals surface area contributed by atoms with E-state index in [-0.39, 0.29) is 40.8 Å². The number of halogens is 2. The van der Waals surface area contributed by atoms with Crippen LogP contribution in [-0.4, -0.2) is 54.4 Å². The van der Waals surface area contributed by atoms with Crippen molar-refractivity contribution in [2.75, 3.05) is 32.0 Å². The molecule has 3 unspecified atom stereocenters. The fraction of sp³-hybridized carbons (Fsp3) is 0.333. The summed E-state index contributed by atoms with van der Waals surface area (Å²) in [5.41, 5.74) is 8.26. The second-order valence-corrected chi connectivity index (χ2v) is 10.1. The van der Waals surface area contributed by atoms with E-state index in [0.717, 1.165) is 5.57 Å². The van der Waals surface area contributed by atoms with Crippen molar-refractivity contribution >= 4 is 38.0 Å². The maximum atomic E-state index is 16.3. The third-order valence-corrected chi connectivity index (χ3v) is 7.94. The molecule has 0 spiro atoms. The normalized spacial score (nSPS) is 26.3. The summed E-state index contributed by atoms with van der Waals surface area (Å²) in [7, 11) is 0. The van der Waals surface area contributed by atoms with Crippen LogP contribution in [0.15, 0.2) is 45.9 Å². The third-order valence-electron chi connectivity index (χ3n) is 6.96. The fourth-order valence-corrected chi connectivity index (χ4v) is 6.12. The Kier molecular flexibility index (Phi) is 4.78. The summed E-state index contributed by atoms with van der Waals surface area (Å²) in [6.45, 7) is 3.32. The van der Waals surface area contributed by atoms with Crippen LogP contribution in [0.5, 0.6) is 0 Å². The van der Waals surface area contributed by atoms with E-state index in [1.54, 1.807) is 12.3 Å². The minimum atomic E-state index is -0.976. The molecule has 2 aromatic rings. The van der Waals surface area contributed by atoms with Crippen molar-refractivity contribution in [1.82, 2.24) is 10.2 Å². The number of guanidine groups is 1. The number of aliphatic imine (C=N–C) groups is 1. The van der Waals surface area contributed by atoms with Gasteiger partial charge < -0.3 is 25.8 Å². The molecule has 0 bridgehead atoms. The molecule has 0 saturated carbocycles. The number of aliphatic hydroxyl groups excluding tert-OH is 1. The number of ether oxygens (including phenoxy) is 1. The molecule has 3 aliphatic heterocycles. The zero-order valence-electron chi connectivity index (χ0n) is 18.2. The lowest BCUT2D eigenvalue weighted by atomic mass is 9.81. The summed E-state index contributed by atoms with van der Waals surface area (Å²) >= 11 is 1.17. The lowest BCUT2D eigenvalue weighted by Crippen LogP contribution is -2.42. The summed E-state index contributed by atoms with van der Waals surface area (Å²) in [6, 6.07) is 3.92. The molecule has 4 heterocycles. The molecule has 0 amide bonds. The van der Waals surface area contributed by atoms with E-state index in [9.17, 15) is 10.4 Å². The highest BCUT2D eigenvalue weighted by Gasteiger charge is 2.41. The van der Waals surface area contributed by atoms with Gasteiger partial charge in [-0.3, -0.25) is 0 Å². The highest BCUT2D eigenvalue weighted by Crippen LogP contribution is 2.49. The van der Waals surface area contributed by atoms with E-state index in [0.29, 0.717) is 40.3 Å². The quantitative estimate of drug-likeness (QED) is 0.578. The van der Waals surface area contributed by atoms with Crippen LogP contribution in [-0.2, 0) is 4.74 Å². The van der Waals surface area contributed by atoms with Crippen LogP contribution in [0.3, 0.4) is 0 Å². The molecule has 0 radical (unpaired) electrons. The van der Waals surface area contributed by atoms with Crippen LogP contribution >= 0.6 is 11.3 Å². The smallest absolute Gasteiger partial charge is 0.199 e. The van der Waals surface area contributed by atoms with Crippen molar-refractivity contribution in [1.29, 1.82) is 5.26 Å². The molecule has 1 fully saturated rings. The molecule has 1 aromatic heterocycles. The molecular formula is C24H21F2N5O2S. The van der Waals surface area contributed by atoms with Gasteiger partial charge >= 0.3 is 0 Å². The van der Waals surface area contributed by atoms with Crippen molar-refractivity contribution in [3.05, 3.63) is 57.8 Å². The van der Waals surface area contributed by atoms with Crippen LogP contribution in [0.2, 0.25) is 0 Å². The number of anilines is 1. The molecule has 4 aliphatic rings. The molecule has 7 nitrogen and oxygen atoms in total. The maximum absolute atomic E-state index is 16.3. The number of hydrogen-bond donors (Lipinski definition) is 3. The van der Waals surface area contributed by atoms with Crippen molar-refractivity contribution in [2.24, 2.45) is 10.9 Å². The molecular weight excluding hydrogens is 460 g/mol. The monoisotopic (exact) mass is 481 g/mol. The van der Waals surface area contributed by atoms with E-state index < -0.39 is 23.8 Å². The molecule has 1 aromatic carbocycles. The van der Waals surface area contributed by atoms with E-state index in [2.05, 4.69) is 16.4 Å². The molecule has 3 atom stereocenters. The SMILES string of the molecule is CC1CN(C2=NC3C(=CN2)C2=C(COC2)C(c2c(F)ccc4sc(N)c(C#N)c24)=C3F)CC1O. The van der Waals surface area contributed by atoms with Crippen LogP contribution in [0.25, 0.3) is 15.7 Å². The highest BCUT2D eigenvalue weighted by atomic mass is 32.1. The number of hydrogen-bond acceptors (Lipinski definition) is 8. The maximum Gasteiger partial charge on any atom is 0.199 e. The average Bonchev–Trinajstić information content (AvgIpc) is 3.52. The summed E-state index contributed by atoms with van der Waals surface area (Å²) in [6.07, 6.45) is 1.23. The van der Waals surface area contributed by atoms with Crippen LogP contribution in [0, 0.1) is 23.1 Å². The first kappa shape index (κ1) is 21.3. The Balaban J connectivity index is 1.56. The van der Waals surface area contributed by atoms with Gasteiger partial charge in [0, 0.05) is 52.0 Å². The number of benzene rings is 1. The number of aliphatic hydroxyl groups is 1. The second kappa shape index (κ2) is 7.63. The average molecular weight is 482 g/mol. The Morgan fingerprint density at radius 3 is 2.82 bits per heavy atom.